The molecular formula is C35H53IN6O7S. The first kappa shape index (κ1) is 40.0. The lowest BCUT2D eigenvalue weighted by Crippen LogP contribution is -2.64. The van der Waals surface area contributed by atoms with Crippen molar-refractivity contribution in [3.05, 3.63) is 24.4 Å². The summed E-state index contributed by atoms with van der Waals surface area (Å²) in [4.78, 5) is 72.7. The number of nitrogens with two attached hydrogens (primary N) is 1. The second-order valence-electron chi connectivity index (χ2n) is 15.9. The van der Waals surface area contributed by atoms with Gasteiger partial charge in [-0.1, -0.05) is 102 Å². The second kappa shape index (κ2) is 15.8. The number of primary amides is 1. The van der Waals surface area contributed by atoms with E-state index < -0.39 is 71.9 Å². The topological polar surface area (TPSA) is 198 Å². The normalized spacial score (nSPS) is 22.5. The number of urea groups is 1. The fourth-order valence-corrected chi connectivity index (χ4v) is 9.93. The summed E-state index contributed by atoms with van der Waals surface area (Å²) in [6.07, 6.45) is 8.32. The largest absolute Gasteiger partial charge is 0.363 e. The van der Waals surface area contributed by atoms with Gasteiger partial charge in [0.05, 0.1) is 17.3 Å². The summed E-state index contributed by atoms with van der Waals surface area (Å²) in [5.41, 5.74) is 3.50. The standard InChI is InChI=1S/C35H53IN6O7S/c1-33(2,3)28(40-32(47)41-35(16-8-6-9-17-35)21-50(48,49)25-14-7-10-18-38-25)31(46)42-19-15-23(34(4,5)36)26(42)30(45)39-24(27(43)29(37)44)20-22-12-11-13-22/h7,10,14,18,22-24,26,28H,6,8-9,11-13,15-17,19-21H2,1-5H3,(H2,37,44)(H,39,45)(H2,40,41,47)/t23?,24?,26?,28-/m1/s1. The average molecular weight is 829 g/mol. The second-order valence-corrected chi connectivity index (χ2v) is 20.6. The fourth-order valence-electron chi connectivity index (χ4n) is 7.53. The first-order chi connectivity index (χ1) is 23.2. The number of rotatable bonds is 13. The van der Waals surface area contributed by atoms with E-state index in [0.29, 0.717) is 25.7 Å². The molecule has 4 atom stereocenters. The van der Waals surface area contributed by atoms with Crippen LogP contribution in [0.15, 0.2) is 29.4 Å². The van der Waals surface area contributed by atoms with Gasteiger partial charge in [0.2, 0.25) is 17.6 Å². The third-order valence-corrected chi connectivity index (χ3v) is 13.1. The van der Waals surface area contributed by atoms with E-state index >= 15 is 0 Å². The molecule has 2 saturated carbocycles. The number of hydrogen-bond donors (Lipinski definition) is 4. The number of sulfone groups is 1. The van der Waals surface area contributed by atoms with E-state index in [4.69, 9.17) is 5.73 Å². The minimum absolute atomic E-state index is 0.0616. The van der Waals surface area contributed by atoms with Gasteiger partial charge in [0.25, 0.3) is 5.91 Å². The molecule has 278 valence electrons. The molecule has 0 spiro atoms. The Morgan fingerprint density at radius 1 is 1.00 bits per heavy atom. The Morgan fingerprint density at radius 3 is 2.18 bits per heavy atom. The Labute approximate surface area is 309 Å². The van der Waals surface area contributed by atoms with E-state index in [1.807, 2.05) is 34.6 Å². The maximum atomic E-state index is 14.5. The van der Waals surface area contributed by atoms with Crippen LogP contribution in [0.25, 0.3) is 0 Å². The van der Waals surface area contributed by atoms with E-state index in [1.165, 1.54) is 17.2 Å². The van der Waals surface area contributed by atoms with Crippen molar-refractivity contribution in [2.75, 3.05) is 12.3 Å². The molecule has 3 aliphatic rings. The molecule has 1 saturated heterocycles. The predicted octanol–water partition coefficient (Wildman–Crippen LogP) is 3.43. The lowest BCUT2D eigenvalue weighted by atomic mass is 9.80. The summed E-state index contributed by atoms with van der Waals surface area (Å²) in [7, 11) is -3.84. The van der Waals surface area contributed by atoms with Crippen LogP contribution in [0.2, 0.25) is 0 Å². The molecule has 5 N–H and O–H groups in total. The molecule has 4 rings (SSSR count). The van der Waals surface area contributed by atoms with Crippen molar-refractivity contribution in [1.82, 2.24) is 25.8 Å². The van der Waals surface area contributed by atoms with Crippen LogP contribution in [-0.2, 0) is 29.0 Å². The highest BCUT2D eigenvalue weighted by molar-refractivity contribution is 14.1. The summed E-state index contributed by atoms with van der Waals surface area (Å²) in [5, 5.41) is 8.55. The molecule has 2 heterocycles. The van der Waals surface area contributed by atoms with Crippen LogP contribution >= 0.6 is 22.6 Å². The van der Waals surface area contributed by atoms with Crippen molar-refractivity contribution < 1.29 is 32.4 Å². The van der Waals surface area contributed by atoms with E-state index in [-0.39, 0.29) is 29.2 Å². The monoisotopic (exact) mass is 828 g/mol. The van der Waals surface area contributed by atoms with E-state index in [9.17, 15) is 32.4 Å². The molecule has 2 aliphatic carbocycles. The number of nitrogens with one attached hydrogen (secondary N) is 3. The highest BCUT2D eigenvalue weighted by Gasteiger charge is 2.51. The Hall–Kier alpha value is -2.82. The Morgan fingerprint density at radius 2 is 1.66 bits per heavy atom. The van der Waals surface area contributed by atoms with Gasteiger partial charge in [-0.05, 0) is 49.1 Å². The predicted molar refractivity (Wildman–Crippen MR) is 197 cm³/mol. The van der Waals surface area contributed by atoms with Gasteiger partial charge >= 0.3 is 6.03 Å². The van der Waals surface area contributed by atoms with Gasteiger partial charge in [-0.15, -0.1) is 0 Å². The molecule has 50 heavy (non-hydrogen) atoms. The van der Waals surface area contributed by atoms with Crippen molar-refractivity contribution in [3.8, 4) is 0 Å². The van der Waals surface area contributed by atoms with Gasteiger partial charge in [0.15, 0.2) is 14.9 Å². The number of halogens is 1. The number of likely N-dealkylation sites (tertiary alicyclic amines) is 1. The molecule has 3 fully saturated rings. The maximum absolute atomic E-state index is 14.5. The molecule has 0 radical (unpaired) electrons. The quantitative estimate of drug-likeness (QED) is 0.132. The molecule has 3 unspecified atom stereocenters. The summed E-state index contributed by atoms with van der Waals surface area (Å²) >= 11 is 2.26. The van der Waals surface area contributed by atoms with E-state index in [2.05, 4.69) is 43.5 Å². The molecule has 0 bridgehead atoms. The van der Waals surface area contributed by atoms with Crippen molar-refractivity contribution in [3.63, 3.8) is 0 Å². The Bertz CT molecular complexity index is 1530. The first-order valence-electron chi connectivity index (χ1n) is 17.6. The molecule has 1 aliphatic heterocycles. The number of carbonyl (C=O) groups is 5. The minimum atomic E-state index is -3.84. The maximum Gasteiger partial charge on any atom is 0.315 e. The van der Waals surface area contributed by atoms with Gasteiger partial charge in [-0.3, -0.25) is 19.2 Å². The molecule has 13 nitrogen and oxygen atoms in total. The molecular weight excluding hydrogens is 775 g/mol. The number of hydrogen-bond acceptors (Lipinski definition) is 8. The van der Waals surface area contributed by atoms with Crippen LogP contribution in [0.5, 0.6) is 0 Å². The zero-order valence-electron chi connectivity index (χ0n) is 29.8. The van der Waals surface area contributed by atoms with Crippen LogP contribution in [0, 0.1) is 17.3 Å². The van der Waals surface area contributed by atoms with E-state index in [0.717, 1.165) is 38.5 Å². The van der Waals surface area contributed by atoms with Crippen LogP contribution in [-0.4, -0.2) is 87.2 Å². The fraction of sp³-hybridized carbons (Fsp3) is 0.714. The van der Waals surface area contributed by atoms with E-state index in [1.54, 1.807) is 12.1 Å². The molecule has 1 aromatic heterocycles. The van der Waals surface area contributed by atoms with Crippen molar-refractivity contribution in [2.24, 2.45) is 23.0 Å². The van der Waals surface area contributed by atoms with Crippen LogP contribution in [0.3, 0.4) is 0 Å². The molecule has 0 aromatic carbocycles. The number of aromatic nitrogens is 1. The Balaban J connectivity index is 1.58. The third kappa shape index (κ3) is 9.73. The lowest BCUT2D eigenvalue weighted by Gasteiger charge is -2.40. The molecule has 15 heteroatoms. The highest BCUT2D eigenvalue weighted by Crippen LogP contribution is 2.40. The minimum Gasteiger partial charge on any atom is -0.363 e. The van der Waals surface area contributed by atoms with Crippen molar-refractivity contribution >= 4 is 62.0 Å². The van der Waals surface area contributed by atoms with Crippen LogP contribution in [0.4, 0.5) is 4.79 Å². The third-order valence-electron chi connectivity index (χ3n) is 10.5. The van der Waals surface area contributed by atoms with Crippen LogP contribution < -0.4 is 21.7 Å². The zero-order valence-corrected chi connectivity index (χ0v) is 32.8. The first-order valence-corrected chi connectivity index (χ1v) is 20.3. The van der Waals surface area contributed by atoms with Crippen LogP contribution in [0.1, 0.15) is 98.8 Å². The number of pyridine rings is 1. The molecule has 1 aromatic rings. The number of alkyl halides is 1. The summed E-state index contributed by atoms with van der Waals surface area (Å²) in [5.74, 6) is -3.41. The zero-order chi connectivity index (χ0) is 37.1. The van der Waals surface area contributed by atoms with Gasteiger partial charge < -0.3 is 26.6 Å². The van der Waals surface area contributed by atoms with Gasteiger partial charge in [0, 0.05) is 22.1 Å². The average Bonchev–Trinajstić information content (AvgIpc) is 3.47. The van der Waals surface area contributed by atoms with Gasteiger partial charge in [-0.2, -0.15) is 0 Å². The molecule has 5 amide bonds. The SMILES string of the molecule is CC(C)(I)C1CCN(C(=O)[C@@H](NC(=O)NC2(CS(=O)(=O)c3ccccn3)CCCCC2)C(C)(C)C)C1C(=O)NC(CC1CCC1)C(=O)C(N)=O. The summed E-state index contributed by atoms with van der Waals surface area (Å²) in [6, 6.07) is 0.866. The smallest absolute Gasteiger partial charge is 0.315 e. The number of ketones is 1. The Kier molecular flexibility index (Phi) is 12.6. The van der Waals surface area contributed by atoms with Crippen molar-refractivity contribution in [2.45, 2.75) is 131 Å². The summed E-state index contributed by atoms with van der Waals surface area (Å²) < 4.78 is 26.4. The van der Waals surface area contributed by atoms with Gasteiger partial charge in [-0.25, -0.2) is 18.2 Å². The number of amides is 5. The number of Topliss-reactive ketones (excluding diaryl/α,β-unsaturated/α-hetero) is 1. The van der Waals surface area contributed by atoms with Crippen molar-refractivity contribution in [1.29, 1.82) is 0 Å². The summed E-state index contributed by atoms with van der Waals surface area (Å²) in [6.45, 7) is 9.62. The highest BCUT2D eigenvalue weighted by atomic mass is 127. The van der Waals surface area contributed by atoms with Gasteiger partial charge in [0.1, 0.15) is 12.1 Å². The lowest BCUT2D eigenvalue weighted by molar-refractivity contribution is -0.144. The number of nitrogens with zero attached hydrogens (tertiary/aromatic N) is 2. The number of carbonyl (C=O) groups excluding carboxylic acids is 5.